The standard InChI is InChI=1S/C16H18N2O3/c19-13-3-1-12-2-4-15(17-14(12)11-13)18-7-5-16(6-8-18)20-9-10-21-16/h1-4,11,19H,5-10H2. The van der Waals surface area contributed by atoms with Gasteiger partial charge < -0.3 is 19.5 Å². The molecule has 0 bridgehead atoms. The summed E-state index contributed by atoms with van der Waals surface area (Å²) < 4.78 is 11.5. The monoisotopic (exact) mass is 286 g/mol. The van der Waals surface area contributed by atoms with Crippen LogP contribution < -0.4 is 4.90 Å². The van der Waals surface area contributed by atoms with Crippen LogP contribution in [0.4, 0.5) is 5.82 Å². The maximum absolute atomic E-state index is 9.58. The summed E-state index contributed by atoms with van der Waals surface area (Å²) in [5.74, 6) is 0.837. The molecule has 21 heavy (non-hydrogen) atoms. The van der Waals surface area contributed by atoms with Crippen LogP contribution in [0.5, 0.6) is 5.75 Å². The molecule has 0 amide bonds. The minimum Gasteiger partial charge on any atom is -0.508 e. The number of piperidine rings is 1. The number of pyridine rings is 1. The highest BCUT2D eigenvalue weighted by atomic mass is 16.7. The van der Waals surface area contributed by atoms with Gasteiger partial charge in [0.1, 0.15) is 11.6 Å². The lowest BCUT2D eigenvalue weighted by molar-refractivity contribution is -0.169. The van der Waals surface area contributed by atoms with E-state index >= 15 is 0 Å². The molecule has 0 saturated carbocycles. The van der Waals surface area contributed by atoms with Gasteiger partial charge in [-0.1, -0.05) is 0 Å². The van der Waals surface area contributed by atoms with E-state index in [1.54, 1.807) is 12.1 Å². The summed E-state index contributed by atoms with van der Waals surface area (Å²) in [7, 11) is 0. The third-order valence-corrected chi connectivity index (χ3v) is 4.32. The topological polar surface area (TPSA) is 54.8 Å². The van der Waals surface area contributed by atoms with E-state index in [0.29, 0.717) is 13.2 Å². The van der Waals surface area contributed by atoms with Gasteiger partial charge in [0.2, 0.25) is 0 Å². The van der Waals surface area contributed by atoms with Crippen LogP contribution in [-0.2, 0) is 9.47 Å². The van der Waals surface area contributed by atoms with Crippen molar-refractivity contribution in [2.45, 2.75) is 18.6 Å². The van der Waals surface area contributed by atoms with Crippen LogP contribution in [-0.4, -0.2) is 42.2 Å². The lowest BCUT2D eigenvalue weighted by atomic mass is 10.0. The molecule has 1 N–H and O–H groups in total. The molecule has 4 rings (SSSR count). The summed E-state index contributed by atoms with van der Waals surface area (Å²) in [6, 6.07) is 9.35. The molecule has 0 radical (unpaired) electrons. The van der Waals surface area contributed by atoms with Crippen LogP contribution >= 0.6 is 0 Å². The molecule has 0 aliphatic carbocycles. The molecule has 1 aromatic heterocycles. The highest BCUT2D eigenvalue weighted by Crippen LogP contribution is 2.33. The van der Waals surface area contributed by atoms with Gasteiger partial charge in [-0.05, 0) is 24.3 Å². The van der Waals surface area contributed by atoms with E-state index in [2.05, 4.69) is 9.88 Å². The zero-order valence-corrected chi connectivity index (χ0v) is 11.8. The molecule has 0 unspecified atom stereocenters. The normalized spacial score (nSPS) is 21.2. The molecular weight excluding hydrogens is 268 g/mol. The van der Waals surface area contributed by atoms with E-state index in [9.17, 15) is 5.11 Å². The SMILES string of the molecule is Oc1ccc2ccc(N3CCC4(CC3)OCCO4)nc2c1. The molecule has 2 aromatic rings. The molecule has 1 spiro atoms. The zero-order chi connectivity index (χ0) is 14.3. The number of phenols is 1. The second-order valence-electron chi connectivity index (χ2n) is 5.64. The van der Waals surface area contributed by atoms with Crippen molar-refractivity contribution in [3.8, 4) is 5.75 Å². The Morgan fingerprint density at radius 2 is 1.76 bits per heavy atom. The van der Waals surface area contributed by atoms with Crippen LogP contribution in [0.15, 0.2) is 30.3 Å². The largest absolute Gasteiger partial charge is 0.508 e. The number of fused-ring (bicyclic) bond motifs is 1. The van der Waals surface area contributed by atoms with Crippen molar-refractivity contribution in [3.05, 3.63) is 30.3 Å². The molecule has 0 atom stereocenters. The molecule has 1 aromatic carbocycles. The molecule has 5 heteroatoms. The number of hydrogen-bond donors (Lipinski definition) is 1. The molecule has 2 aliphatic rings. The Kier molecular flexibility index (Phi) is 2.97. The van der Waals surface area contributed by atoms with E-state index in [1.807, 2.05) is 18.2 Å². The molecule has 110 valence electrons. The summed E-state index contributed by atoms with van der Waals surface area (Å²) in [4.78, 5) is 6.91. The van der Waals surface area contributed by atoms with Gasteiger partial charge >= 0.3 is 0 Å². The summed E-state index contributed by atoms with van der Waals surface area (Å²) in [6.07, 6.45) is 1.74. The first kappa shape index (κ1) is 12.9. The highest BCUT2D eigenvalue weighted by Gasteiger charge is 2.39. The van der Waals surface area contributed by atoms with Gasteiger partial charge in [-0.3, -0.25) is 0 Å². The van der Waals surface area contributed by atoms with Gasteiger partial charge in [-0.15, -0.1) is 0 Å². The number of hydrogen-bond acceptors (Lipinski definition) is 5. The molecule has 2 saturated heterocycles. The first-order valence-electron chi connectivity index (χ1n) is 7.37. The van der Waals surface area contributed by atoms with Gasteiger partial charge in [0.25, 0.3) is 0 Å². The second-order valence-corrected chi connectivity index (χ2v) is 5.64. The Labute approximate surface area is 123 Å². The number of aromatic nitrogens is 1. The Bertz CT molecular complexity index is 658. The molecular formula is C16H18N2O3. The van der Waals surface area contributed by atoms with Crippen molar-refractivity contribution < 1.29 is 14.6 Å². The summed E-state index contributed by atoms with van der Waals surface area (Å²) in [5, 5.41) is 10.6. The number of nitrogens with zero attached hydrogens (tertiary/aromatic N) is 2. The van der Waals surface area contributed by atoms with Crippen molar-refractivity contribution in [2.75, 3.05) is 31.2 Å². The average molecular weight is 286 g/mol. The average Bonchev–Trinajstić information content (AvgIpc) is 2.95. The Morgan fingerprint density at radius 3 is 2.52 bits per heavy atom. The molecule has 2 fully saturated rings. The first-order chi connectivity index (χ1) is 10.2. The second kappa shape index (κ2) is 4.86. The van der Waals surface area contributed by atoms with E-state index in [-0.39, 0.29) is 11.5 Å². The van der Waals surface area contributed by atoms with Crippen molar-refractivity contribution >= 4 is 16.7 Å². The Morgan fingerprint density at radius 1 is 1.05 bits per heavy atom. The third-order valence-electron chi connectivity index (χ3n) is 4.32. The predicted octanol–water partition coefficient (Wildman–Crippen LogP) is 2.28. The maximum Gasteiger partial charge on any atom is 0.171 e. The fraction of sp³-hybridized carbons (Fsp3) is 0.438. The number of benzene rings is 1. The van der Waals surface area contributed by atoms with E-state index in [4.69, 9.17) is 9.47 Å². The zero-order valence-electron chi connectivity index (χ0n) is 11.8. The number of aromatic hydroxyl groups is 1. The fourth-order valence-electron chi connectivity index (χ4n) is 3.13. The predicted molar refractivity (Wildman–Crippen MR) is 79.5 cm³/mol. The van der Waals surface area contributed by atoms with Gasteiger partial charge in [-0.2, -0.15) is 0 Å². The highest BCUT2D eigenvalue weighted by molar-refractivity contribution is 5.81. The Hall–Kier alpha value is -1.85. The van der Waals surface area contributed by atoms with Crippen molar-refractivity contribution in [2.24, 2.45) is 0 Å². The molecule has 5 nitrogen and oxygen atoms in total. The van der Waals surface area contributed by atoms with Crippen LogP contribution in [0.3, 0.4) is 0 Å². The van der Waals surface area contributed by atoms with E-state index in [1.165, 1.54) is 0 Å². The lowest BCUT2D eigenvalue weighted by Crippen LogP contribution is -2.45. The third kappa shape index (κ3) is 2.32. The Balaban J connectivity index is 1.56. The van der Waals surface area contributed by atoms with E-state index in [0.717, 1.165) is 42.7 Å². The number of phenolic OH excluding ortho intramolecular Hbond substituents is 1. The molecule has 2 aliphatic heterocycles. The van der Waals surface area contributed by atoms with Crippen molar-refractivity contribution in [1.29, 1.82) is 0 Å². The minimum atomic E-state index is -0.356. The smallest absolute Gasteiger partial charge is 0.171 e. The lowest BCUT2D eigenvalue weighted by Gasteiger charge is -2.38. The van der Waals surface area contributed by atoms with Crippen molar-refractivity contribution in [3.63, 3.8) is 0 Å². The van der Waals surface area contributed by atoms with Crippen LogP contribution in [0.1, 0.15) is 12.8 Å². The fourth-order valence-corrected chi connectivity index (χ4v) is 3.13. The number of rotatable bonds is 1. The maximum atomic E-state index is 9.58. The summed E-state index contributed by atoms with van der Waals surface area (Å²) in [5.41, 5.74) is 0.821. The number of ether oxygens (including phenoxy) is 2. The van der Waals surface area contributed by atoms with Gasteiger partial charge in [-0.25, -0.2) is 4.98 Å². The quantitative estimate of drug-likeness (QED) is 0.871. The minimum absolute atomic E-state index is 0.248. The first-order valence-corrected chi connectivity index (χ1v) is 7.37. The summed E-state index contributed by atoms with van der Waals surface area (Å²) >= 11 is 0. The van der Waals surface area contributed by atoms with Crippen molar-refractivity contribution in [1.82, 2.24) is 4.98 Å². The van der Waals surface area contributed by atoms with Crippen LogP contribution in [0.2, 0.25) is 0 Å². The van der Waals surface area contributed by atoms with Crippen LogP contribution in [0, 0.1) is 0 Å². The van der Waals surface area contributed by atoms with Gasteiger partial charge in [0.05, 0.1) is 18.7 Å². The summed E-state index contributed by atoms with van der Waals surface area (Å²) in [6.45, 7) is 3.15. The van der Waals surface area contributed by atoms with Gasteiger partial charge in [0, 0.05) is 37.4 Å². The van der Waals surface area contributed by atoms with Crippen LogP contribution in [0.25, 0.3) is 10.9 Å². The van der Waals surface area contributed by atoms with E-state index < -0.39 is 0 Å². The van der Waals surface area contributed by atoms with Gasteiger partial charge in [0.15, 0.2) is 5.79 Å². The number of anilines is 1. The molecule has 3 heterocycles.